The Morgan fingerprint density at radius 2 is 2.05 bits per heavy atom. The summed E-state index contributed by atoms with van der Waals surface area (Å²) >= 11 is 0. The maximum absolute atomic E-state index is 12.3. The SMILES string of the molecule is COc1ccccc1CNc1ccn(C(F)F)n1.Cl. The number of para-hydroxylation sites is 1. The summed E-state index contributed by atoms with van der Waals surface area (Å²) in [6, 6.07) is 9.00. The molecule has 0 saturated carbocycles. The molecule has 0 saturated heterocycles. The van der Waals surface area contributed by atoms with Crippen molar-refractivity contribution in [3.05, 3.63) is 42.1 Å². The number of hydrogen-bond acceptors (Lipinski definition) is 3. The second kappa shape index (κ2) is 6.94. The number of methoxy groups -OCH3 is 1. The number of aromatic nitrogens is 2. The lowest BCUT2D eigenvalue weighted by molar-refractivity contribution is 0.0569. The third-order valence-electron chi connectivity index (χ3n) is 2.46. The first-order chi connectivity index (χ1) is 8.70. The number of hydrogen-bond donors (Lipinski definition) is 1. The number of halogens is 3. The molecule has 1 N–H and O–H groups in total. The summed E-state index contributed by atoms with van der Waals surface area (Å²) < 4.78 is 30.4. The van der Waals surface area contributed by atoms with Crippen molar-refractivity contribution in [1.82, 2.24) is 9.78 Å². The Morgan fingerprint density at radius 3 is 2.68 bits per heavy atom. The average molecular weight is 290 g/mol. The lowest BCUT2D eigenvalue weighted by atomic mass is 10.2. The number of benzene rings is 1. The molecule has 2 aromatic rings. The third-order valence-corrected chi connectivity index (χ3v) is 2.46. The van der Waals surface area contributed by atoms with E-state index in [2.05, 4.69) is 10.4 Å². The Kier molecular flexibility index (Phi) is 5.57. The molecule has 1 aromatic heterocycles. The lowest BCUT2D eigenvalue weighted by Crippen LogP contribution is -2.04. The van der Waals surface area contributed by atoms with Crippen LogP contribution in [0.5, 0.6) is 5.75 Å². The first kappa shape index (κ1) is 15.2. The van der Waals surface area contributed by atoms with Crippen molar-refractivity contribution in [3.8, 4) is 5.75 Å². The van der Waals surface area contributed by atoms with E-state index in [9.17, 15) is 8.78 Å². The highest BCUT2D eigenvalue weighted by atomic mass is 35.5. The molecule has 0 spiro atoms. The highest BCUT2D eigenvalue weighted by Crippen LogP contribution is 2.19. The summed E-state index contributed by atoms with van der Waals surface area (Å²) in [6.07, 6.45) is 1.23. The molecule has 0 radical (unpaired) electrons. The van der Waals surface area contributed by atoms with Gasteiger partial charge in [-0.05, 0) is 6.07 Å². The van der Waals surface area contributed by atoms with Gasteiger partial charge in [0.25, 0.3) is 0 Å². The van der Waals surface area contributed by atoms with Crippen molar-refractivity contribution < 1.29 is 13.5 Å². The van der Waals surface area contributed by atoms with Crippen LogP contribution in [0.15, 0.2) is 36.5 Å². The van der Waals surface area contributed by atoms with Crippen LogP contribution in [0, 0.1) is 0 Å². The first-order valence-electron chi connectivity index (χ1n) is 5.40. The van der Waals surface area contributed by atoms with Crippen molar-refractivity contribution in [2.45, 2.75) is 13.1 Å². The maximum atomic E-state index is 12.3. The van der Waals surface area contributed by atoms with E-state index in [0.717, 1.165) is 11.3 Å². The Hall–Kier alpha value is -1.82. The quantitative estimate of drug-likeness (QED) is 0.918. The molecule has 0 unspecified atom stereocenters. The van der Waals surface area contributed by atoms with Crippen molar-refractivity contribution >= 4 is 18.2 Å². The molecule has 4 nitrogen and oxygen atoms in total. The van der Waals surface area contributed by atoms with Gasteiger partial charge in [-0.2, -0.15) is 13.9 Å². The van der Waals surface area contributed by atoms with Gasteiger partial charge in [0.1, 0.15) is 11.6 Å². The maximum Gasteiger partial charge on any atom is 0.333 e. The van der Waals surface area contributed by atoms with Gasteiger partial charge in [0.15, 0.2) is 0 Å². The number of alkyl halides is 2. The van der Waals surface area contributed by atoms with Crippen LogP contribution in [0.4, 0.5) is 14.6 Å². The van der Waals surface area contributed by atoms with Crippen molar-refractivity contribution in [1.29, 1.82) is 0 Å². The predicted molar refractivity (Wildman–Crippen MR) is 71.0 cm³/mol. The van der Waals surface area contributed by atoms with Gasteiger partial charge in [-0.1, -0.05) is 18.2 Å². The van der Waals surface area contributed by atoms with Gasteiger partial charge in [-0.3, -0.25) is 0 Å². The second-order valence-electron chi connectivity index (χ2n) is 3.62. The van der Waals surface area contributed by atoms with E-state index in [4.69, 9.17) is 4.74 Å². The zero-order chi connectivity index (χ0) is 13.0. The number of rotatable bonds is 5. The molecule has 0 aliphatic heterocycles. The van der Waals surface area contributed by atoms with E-state index in [1.807, 2.05) is 24.3 Å². The molecule has 1 heterocycles. The van der Waals surface area contributed by atoms with E-state index < -0.39 is 6.55 Å². The molecular formula is C12H14ClF2N3O. The summed E-state index contributed by atoms with van der Waals surface area (Å²) in [5.41, 5.74) is 0.937. The minimum atomic E-state index is -2.62. The van der Waals surface area contributed by atoms with Gasteiger partial charge in [-0.15, -0.1) is 12.4 Å². The molecule has 104 valence electrons. The zero-order valence-corrected chi connectivity index (χ0v) is 11.0. The van der Waals surface area contributed by atoms with Gasteiger partial charge in [-0.25, -0.2) is 4.68 Å². The zero-order valence-electron chi connectivity index (χ0n) is 10.2. The van der Waals surface area contributed by atoms with Crippen LogP contribution >= 0.6 is 12.4 Å². The fraction of sp³-hybridized carbons (Fsp3) is 0.250. The predicted octanol–water partition coefficient (Wildman–Crippen LogP) is 3.32. The molecule has 19 heavy (non-hydrogen) atoms. The van der Waals surface area contributed by atoms with E-state index in [0.29, 0.717) is 17.0 Å². The number of nitrogens with zero attached hydrogens (tertiary/aromatic N) is 2. The molecule has 2 rings (SSSR count). The van der Waals surface area contributed by atoms with Crippen LogP contribution in [0.1, 0.15) is 12.1 Å². The summed E-state index contributed by atoms with van der Waals surface area (Å²) in [5, 5.41) is 6.66. The van der Waals surface area contributed by atoms with Crippen molar-refractivity contribution in [3.63, 3.8) is 0 Å². The third kappa shape index (κ3) is 3.82. The molecular weight excluding hydrogens is 276 g/mol. The minimum absolute atomic E-state index is 0. The van der Waals surface area contributed by atoms with Gasteiger partial charge in [0.05, 0.1) is 7.11 Å². The van der Waals surface area contributed by atoms with Gasteiger partial charge >= 0.3 is 6.55 Å². The normalized spacial score (nSPS) is 10.1. The van der Waals surface area contributed by atoms with Gasteiger partial charge in [0, 0.05) is 24.4 Å². The fourth-order valence-electron chi connectivity index (χ4n) is 1.58. The van der Waals surface area contributed by atoms with E-state index in [1.165, 1.54) is 12.3 Å². The Morgan fingerprint density at radius 1 is 1.32 bits per heavy atom. The lowest BCUT2D eigenvalue weighted by Gasteiger charge is -2.08. The van der Waals surface area contributed by atoms with Gasteiger partial charge in [0.2, 0.25) is 0 Å². The molecule has 0 bridgehead atoms. The Balaban J connectivity index is 0.00000180. The molecule has 0 aliphatic rings. The van der Waals surface area contributed by atoms with Crippen LogP contribution in [-0.4, -0.2) is 16.9 Å². The molecule has 0 atom stereocenters. The average Bonchev–Trinajstić information content (AvgIpc) is 2.85. The van der Waals surface area contributed by atoms with E-state index in [-0.39, 0.29) is 12.4 Å². The van der Waals surface area contributed by atoms with E-state index in [1.54, 1.807) is 7.11 Å². The summed E-state index contributed by atoms with van der Waals surface area (Å²) in [5.74, 6) is 1.15. The Bertz CT molecular complexity index is 519. The number of anilines is 1. The summed E-state index contributed by atoms with van der Waals surface area (Å²) in [4.78, 5) is 0. The topological polar surface area (TPSA) is 39.1 Å². The van der Waals surface area contributed by atoms with E-state index >= 15 is 0 Å². The summed E-state index contributed by atoms with van der Waals surface area (Å²) in [6.45, 7) is -2.16. The highest BCUT2D eigenvalue weighted by Gasteiger charge is 2.07. The van der Waals surface area contributed by atoms with Crippen LogP contribution in [0.2, 0.25) is 0 Å². The molecule has 0 aliphatic carbocycles. The van der Waals surface area contributed by atoms with Crippen molar-refractivity contribution in [2.75, 3.05) is 12.4 Å². The molecule has 1 aromatic carbocycles. The van der Waals surface area contributed by atoms with Crippen LogP contribution < -0.4 is 10.1 Å². The summed E-state index contributed by atoms with van der Waals surface area (Å²) in [7, 11) is 1.59. The van der Waals surface area contributed by atoms with Crippen LogP contribution in [-0.2, 0) is 6.54 Å². The van der Waals surface area contributed by atoms with Crippen LogP contribution in [0.3, 0.4) is 0 Å². The largest absolute Gasteiger partial charge is 0.496 e. The molecule has 0 fully saturated rings. The monoisotopic (exact) mass is 289 g/mol. The number of ether oxygens (including phenoxy) is 1. The smallest absolute Gasteiger partial charge is 0.333 e. The Labute approximate surface area is 115 Å². The number of nitrogens with one attached hydrogen (secondary N) is 1. The fourth-order valence-corrected chi connectivity index (χ4v) is 1.58. The van der Waals surface area contributed by atoms with Crippen LogP contribution in [0.25, 0.3) is 0 Å². The standard InChI is InChI=1S/C12H13F2N3O.ClH/c1-18-10-5-3-2-4-9(10)8-15-11-6-7-17(16-11)12(13)14;/h2-7,12H,8H2,1H3,(H,15,16);1H. The minimum Gasteiger partial charge on any atom is -0.496 e. The van der Waals surface area contributed by atoms with Crippen molar-refractivity contribution in [2.24, 2.45) is 0 Å². The molecule has 0 amide bonds. The van der Waals surface area contributed by atoms with Gasteiger partial charge < -0.3 is 10.1 Å². The molecule has 7 heteroatoms. The first-order valence-corrected chi connectivity index (χ1v) is 5.40. The highest BCUT2D eigenvalue weighted by molar-refractivity contribution is 5.85. The second-order valence-corrected chi connectivity index (χ2v) is 3.62.